The molecule has 1 aromatic carbocycles. The number of amides is 1. The first-order valence-corrected chi connectivity index (χ1v) is 6.75. The van der Waals surface area contributed by atoms with Crippen molar-refractivity contribution in [3.63, 3.8) is 0 Å². The summed E-state index contributed by atoms with van der Waals surface area (Å²) < 4.78 is 8.48. The lowest BCUT2D eigenvalue weighted by molar-refractivity contribution is -0.122. The number of hydrogen-bond acceptors (Lipinski definition) is 3. The Balaban J connectivity index is 1.74. The number of hydrogen-bond donors (Lipinski definition) is 1. The second-order valence-corrected chi connectivity index (χ2v) is 4.80. The molecule has 1 heterocycles. The Bertz CT molecular complexity index is 673. The Morgan fingerprint density at radius 2 is 2.14 bits per heavy atom. The normalized spacial score (nSPS) is 10.4. The number of carbonyl (C=O) groups excluding carboxylic acids is 1. The van der Waals surface area contributed by atoms with Gasteiger partial charge < -0.3 is 10.1 Å². The van der Waals surface area contributed by atoms with Gasteiger partial charge in [-0.2, -0.15) is 0 Å². The van der Waals surface area contributed by atoms with Crippen molar-refractivity contribution in [2.24, 2.45) is 7.05 Å². The highest BCUT2D eigenvalue weighted by Crippen LogP contribution is 2.11. The highest BCUT2D eigenvalue weighted by molar-refractivity contribution is 5.75. The Labute approximate surface area is 122 Å². The molecule has 0 fully saturated rings. The zero-order valence-corrected chi connectivity index (χ0v) is 12.2. The maximum Gasteiger partial charge on any atom is 0.267 e. The quantitative estimate of drug-likeness (QED) is 0.796. The molecule has 2 aromatic rings. The van der Waals surface area contributed by atoms with Gasteiger partial charge in [-0.1, -0.05) is 12.1 Å². The third-order valence-corrected chi connectivity index (χ3v) is 3.04. The van der Waals surface area contributed by atoms with Crippen LogP contribution in [0.2, 0.25) is 0 Å². The van der Waals surface area contributed by atoms with Crippen molar-refractivity contribution >= 4 is 5.91 Å². The van der Waals surface area contributed by atoms with Crippen LogP contribution in [-0.2, 0) is 18.4 Å². The summed E-state index contributed by atoms with van der Waals surface area (Å²) in [5, 5.41) is 2.72. The van der Waals surface area contributed by atoms with Gasteiger partial charge in [0.1, 0.15) is 18.9 Å². The van der Waals surface area contributed by atoms with Crippen LogP contribution in [0.5, 0.6) is 5.75 Å². The minimum Gasteiger partial charge on any atom is -0.492 e. The van der Waals surface area contributed by atoms with Crippen LogP contribution in [0.4, 0.5) is 0 Å². The predicted octanol–water partition coefficient (Wildman–Crippen LogP) is 0.690. The van der Waals surface area contributed by atoms with E-state index in [2.05, 4.69) is 5.32 Å². The van der Waals surface area contributed by atoms with Crippen LogP contribution in [0.3, 0.4) is 0 Å². The van der Waals surface area contributed by atoms with Crippen molar-refractivity contribution in [1.29, 1.82) is 0 Å². The number of benzene rings is 1. The van der Waals surface area contributed by atoms with Gasteiger partial charge in [0.05, 0.1) is 6.54 Å². The molecule has 0 aliphatic carbocycles. The molecule has 0 spiro atoms. The van der Waals surface area contributed by atoms with E-state index in [0.29, 0.717) is 13.2 Å². The molecule has 0 atom stereocenters. The van der Waals surface area contributed by atoms with Gasteiger partial charge in [0.25, 0.3) is 5.56 Å². The Morgan fingerprint density at radius 3 is 2.81 bits per heavy atom. The molecule has 21 heavy (non-hydrogen) atoms. The van der Waals surface area contributed by atoms with Gasteiger partial charge in [-0.25, -0.2) is 4.68 Å². The molecule has 0 bridgehead atoms. The molecular weight excluding hydrogens is 270 g/mol. The lowest BCUT2D eigenvalue weighted by Gasteiger charge is -2.09. The molecule has 0 radical (unpaired) electrons. The maximum atomic E-state index is 11.7. The fourth-order valence-electron chi connectivity index (χ4n) is 1.94. The summed E-state index contributed by atoms with van der Waals surface area (Å²) in [6, 6.07) is 9.15. The van der Waals surface area contributed by atoms with Gasteiger partial charge in [-0.3, -0.25) is 14.3 Å². The van der Waals surface area contributed by atoms with E-state index in [1.165, 1.54) is 10.7 Å². The molecule has 1 N–H and O–H groups in total. The Morgan fingerprint density at radius 1 is 1.33 bits per heavy atom. The first-order chi connectivity index (χ1) is 10.1. The lowest BCUT2D eigenvalue weighted by atomic mass is 10.2. The van der Waals surface area contributed by atoms with Crippen molar-refractivity contribution in [3.8, 4) is 5.75 Å². The zero-order valence-electron chi connectivity index (χ0n) is 12.2. The smallest absolute Gasteiger partial charge is 0.267 e. The number of rotatable bonds is 6. The Kier molecular flexibility index (Phi) is 4.81. The molecule has 1 amide bonds. The second-order valence-electron chi connectivity index (χ2n) is 4.80. The van der Waals surface area contributed by atoms with Gasteiger partial charge in [-0.05, 0) is 24.6 Å². The van der Waals surface area contributed by atoms with Gasteiger partial charge >= 0.3 is 0 Å². The van der Waals surface area contributed by atoms with Crippen LogP contribution < -0.4 is 15.6 Å². The third kappa shape index (κ3) is 4.24. The van der Waals surface area contributed by atoms with Crippen LogP contribution in [0.1, 0.15) is 5.56 Å². The summed E-state index contributed by atoms with van der Waals surface area (Å²) in [7, 11) is 1.72. The molecule has 0 aliphatic heterocycles. The van der Waals surface area contributed by atoms with Gasteiger partial charge in [0.2, 0.25) is 5.91 Å². The van der Waals surface area contributed by atoms with Crippen LogP contribution >= 0.6 is 0 Å². The van der Waals surface area contributed by atoms with Crippen molar-refractivity contribution in [2.75, 3.05) is 13.2 Å². The standard InChI is InChI=1S/C15H19N3O3/c1-12-4-3-5-13(10-12)21-9-7-16-14(19)11-18-15(20)6-8-17(18)2/h3-6,8,10H,7,9,11H2,1-2H3,(H,16,19). The molecule has 6 nitrogen and oxygen atoms in total. The van der Waals surface area contributed by atoms with Gasteiger partial charge in [0, 0.05) is 19.3 Å². The van der Waals surface area contributed by atoms with E-state index in [4.69, 9.17) is 4.74 Å². The largest absolute Gasteiger partial charge is 0.492 e. The highest BCUT2D eigenvalue weighted by atomic mass is 16.5. The predicted molar refractivity (Wildman–Crippen MR) is 79.4 cm³/mol. The number of ether oxygens (including phenoxy) is 1. The summed E-state index contributed by atoms with van der Waals surface area (Å²) in [5.74, 6) is 0.564. The first-order valence-electron chi connectivity index (χ1n) is 6.75. The average Bonchev–Trinajstić information content (AvgIpc) is 2.76. The molecule has 2 rings (SSSR count). The topological polar surface area (TPSA) is 65.3 Å². The second kappa shape index (κ2) is 6.78. The molecular formula is C15H19N3O3. The summed E-state index contributed by atoms with van der Waals surface area (Å²) in [6.07, 6.45) is 1.62. The molecule has 1 aromatic heterocycles. The van der Waals surface area contributed by atoms with Crippen LogP contribution in [-0.4, -0.2) is 28.4 Å². The number of nitrogens with one attached hydrogen (secondary N) is 1. The molecule has 0 saturated heterocycles. The van der Waals surface area contributed by atoms with E-state index in [0.717, 1.165) is 11.3 Å². The zero-order chi connectivity index (χ0) is 15.2. The third-order valence-electron chi connectivity index (χ3n) is 3.04. The van der Waals surface area contributed by atoms with E-state index in [1.54, 1.807) is 17.9 Å². The van der Waals surface area contributed by atoms with Crippen LogP contribution in [0, 0.1) is 6.92 Å². The fraction of sp³-hybridized carbons (Fsp3) is 0.333. The van der Waals surface area contributed by atoms with Gasteiger partial charge in [0.15, 0.2) is 0 Å². The monoisotopic (exact) mass is 289 g/mol. The first kappa shape index (κ1) is 14.9. The number of carbonyl (C=O) groups is 1. The SMILES string of the molecule is Cc1cccc(OCCNC(=O)Cn2c(=O)ccn2C)c1. The molecule has 0 saturated carbocycles. The van der Waals surface area contributed by atoms with E-state index >= 15 is 0 Å². The summed E-state index contributed by atoms with van der Waals surface area (Å²) in [6.45, 7) is 2.78. The van der Waals surface area contributed by atoms with Crippen LogP contribution in [0.15, 0.2) is 41.3 Å². The fourth-order valence-corrected chi connectivity index (χ4v) is 1.94. The number of nitrogens with zero attached hydrogens (tertiary/aromatic N) is 2. The van der Waals surface area contributed by atoms with Crippen molar-refractivity contribution in [3.05, 3.63) is 52.4 Å². The molecule has 0 aliphatic rings. The minimum atomic E-state index is -0.216. The van der Waals surface area contributed by atoms with Crippen molar-refractivity contribution in [2.45, 2.75) is 13.5 Å². The highest BCUT2D eigenvalue weighted by Gasteiger charge is 2.06. The van der Waals surface area contributed by atoms with E-state index in [1.807, 2.05) is 31.2 Å². The van der Waals surface area contributed by atoms with E-state index < -0.39 is 0 Å². The summed E-state index contributed by atoms with van der Waals surface area (Å²) in [5.41, 5.74) is 0.934. The molecule has 0 unspecified atom stereocenters. The average molecular weight is 289 g/mol. The lowest BCUT2D eigenvalue weighted by Crippen LogP contribution is -2.35. The van der Waals surface area contributed by atoms with Crippen molar-refractivity contribution < 1.29 is 9.53 Å². The molecule has 112 valence electrons. The van der Waals surface area contributed by atoms with Crippen LogP contribution in [0.25, 0.3) is 0 Å². The maximum absolute atomic E-state index is 11.7. The van der Waals surface area contributed by atoms with E-state index in [-0.39, 0.29) is 18.0 Å². The number of aromatic nitrogens is 2. The Hall–Kier alpha value is -2.50. The number of aryl methyl sites for hydroxylation is 2. The minimum absolute atomic E-state index is 0.00672. The summed E-state index contributed by atoms with van der Waals surface area (Å²) >= 11 is 0. The van der Waals surface area contributed by atoms with Crippen molar-refractivity contribution in [1.82, 2.24) is 14.7 Å². The molecule has 6 heteroatoms. The summed E-state index contributed by atoms with van der Waals surface area (Å²) in [4.78, 5) is 23.2. The van der Waals surface area contributed by atoms with Gasteiger partial charge in [-0.15, -0.1) is 0 Å². The van der Waals surface area contributed by atoms with E-state index in [9.17, 15) is 9.59 Å².